The maximum absolute atomic E-state index is 12.1. The molecule has 1 saturated carbocycles. The molecule has 5 rings (SSSR count). The third-order valence-corrected chi connectivity index (χ3v) is 7.87. The van der Waals surface area contributed by atoms with Crippen molar-refractivity contribution in [2.75, 3.05) is 36.8 Å². The lowest BCUT2D eigenvalue weighted by atomic mass is 9.98. The van der Waals surface area contributed by atoms with Crippen LogP contribution in [0.3, 0.4) is 0 Å². The Kier molecular flexibility index (Phi) is 4.55. The van der Waals surface area contributed by atoms with Crippen LogP contribution in [0.1, 0.15) is 37.9 Å². The molecule has 3 aliphatic rings. The van der Waals surface area contributed by atoms with E-state index in [1.54, 1.807) is 17.6 Å². The lowest BCUT2D eigenvalue weighted by Crippen LogP contribution is -2.49. The van der Waals surface area contributed by atoms with E-state index in [9.17, 15) is 8.42 Å². The van der Waals surface area contributed by atoms with Gasteiger partial charge >= 0.3 is 0 Å². The van der Waals surface area contributed by atoms with Crippen molar-refractivity contribution in [1.29, 1.82) is 0 Å². The summed E-state index contributed by atoms with van der Waals surface area (Å²) >= 11 is 0. The van der Waals surface area contributed by atoms with Crippen LogP contribution >= 0.6 is 0 Å². The van der Waals surface area contributed by atoms with E-state index in [1.807, 2.05) is 24.3 Å². The lowest BCUT2D eigenvalue weighted by Gasteiger charge is -2.34. The highest BCUT2D eigenvalue weighted by Gasteiger charge is 2.40. The number of rotatable bonds is 6. The summed E-state index contributed by atoms with van der Waals surface area (Å²) in [4.78, 5) is 15.5. The van der Waals surface area contributed by atoms with E-state index in [0.717, 1.165) is 47.1 Å². The number of hydrogen-bond acceptors (Lipinski definition) is 7. The van der Waals surface area contributed by atoms with E-state index in [2.05, 4.69) is 26.8 Å². The topological polar surface area (TPSA) is 88.0 Å². The molecule has 8 nitrogen and oxygen atoms in total. The Bertz CT molecular complexity index is 1120. The number of sulfonamides is 1. The third-order valence-electron chi connectivity index (χ3n) is 5.99. The molecular weight excluding hydrogens is 402 g/mol. The smallest absolute Gasteiger partial charge is 0.213 e. The van der Waals surface area contributed by atoms with E-state index >= 15 is 0 Å². The van der Waals surface area contributed by atoms with Gasteiger partial charge in [0.05, 0.1) is 22.8 Å². The maximum atomic E-state index is 12.1. The molecule has 0 spiro atoms. The molecule has 2 fully saturated rings. The Morgan fingerprint density at radius 3 is 2.57 bits per heavy atom. The molecule has 1 aromatic carbocycles. The number of aliphatic imine (C=N–C) groups is 1. The fourth-order valence-electron chi connectivity index (χ4n) is 3.78. The zero-order valence-electron chi connectivity index (χ0n) is 17.2. The van der Waals surface area contributed by atoms with Crippen LogP contribution in [0.25, 0.3) is 0 Å². The molecule has 0 bridgehead atoms. The number of nitrogens with zero attached hydrogens (tertiary/aromatic N) is 5. The number of benzene rings is 1. The lowest BCUT2D eigenvalue weighted by molar-refractivity contribution is 0.200. The molecule has 0 atom stereocenters. The van der Waals surface area contributed by atoms with Crippen LogP contribution in [-0.4, -0.2) is 65.9 Å². The molecule has 1 aromatic heterocycles. The number of hydrogen-bond donors (Lipinski definition) is 0. The Morgan fingerprint density at radius 2 is 1.87 bits per heavy atom. The summed E-state index contributed by atoms with van der Waals surface area (Å²) < 4.78 is 31.8. The summed E-state index contributed by atoms with van der Waals surface area (Å²) in [5.74, 6) is 1.79. The standard InChI is InChI=1S/C21H25N5O3S/c1-3-30(27,28)26-10-8-25(9-11-26)19-13-18(22-14-23-19)20-16-12-15(4-5-17(16)24-20)29-21(2)6-7-21/h4-5,12-14H,3,6-11H2,1-2H3. The Hall–Kier alpha value is -2.52. The van der Waals surface area contributed by atoms with Crippen molar-refractivity contribution in [3.05, 3.63) is 41.9 Å². The van der Waals surface area contributed by atoms with Crippen molar-refractivity contribution in [3.63, 3.8) is 0 Å². The zero-order valence-corrected chi connectivity index (χ0v) is 18.0. The first-order valence-corrected chi connectivity index (χ1v) is 12.0. The number of aromatic nitrogens is 2. The highest BCUT2D eigenvalue weighted by atomic mass is 32.2. The number of anilines is 1. The van der Waals surface area contributed by atoms with E-state index in [0.29, 0.717) is 26.2 Å². The number of ether oxygens (including phenoxy) is 1. The Balaban J connectivity index is 1.31. The van der Waals surface area contributed by atoms with Gasteiger partial charge in [0.1, 0.15) is 23.5 Å². The van der Waals surface area contributed by atoms with Gasteiger partial charge in [-0.3, -0.25) is 0 Å². The average molecular weight is 428 g/mol. The molecule has 2 aromatic rings. The van der Waals surface area contributed by atoms with Crippen molar-refractivity contribution in [2.24, 2.45) is 4.99 Å². The highest BCUT2D eigenvalue weighted by Crippen LogP contribution is 2.42. The molecule has 0 unspecified atom stereocenters. The molecule has 30 heavy (non-hydrogen) atoms. The SMILES string of the molecule is CCS(=O)(=O)N1CCN(c2cc(C3=Nc4ccc(OC5(C)CC5)cc43)ncn2)CC1. The van der Waals surface area contributed by atoms with Gasteiger partial charge in [0.25, 0.3) is 0 Å². The predicted octanol–water partition coefficient (Wildman–Crippen LogP) is 2.36. The van der Waals surface area contributed by atoms with Crippen LogP contribution in [0.4, 0.5) is 11.5 Å². The Morgan fingerprint density at radius 1 is 1.10 bits per heavy atom. The molecule has 0 radical (unpaired) electrons. The normalized spacial score (nSPS) is 20.2. The van der Waals surface area contributed by atoms with Gasteiger partial charge in [-0.25, -0.2) is 23.4 Å². The van der Waals surface area contributed by atoms with Gasteiger partial charge in [-0.2, -0.15) is 4.31 Å². The second-order valence-electron chi connectivity index (χ2n) is 8.24. The van der Waals surface area contributed by atoms with Crippen molar-refractivity contribution >= 4 is 27.2 Å². The molecule has 1 aliphatic carbocycles. The third kappa shape index (κ3) is 3.56. The monoisotopic (exact) mass is 427 g/mol. The fourth-order valence-corrected chi connectivity index (χ4v) is 4.86. The molecule has 0 N–H and O–H groups in total. The van der Waals surface area contributed by atoms with Gasteiger partial charge < -0.3 is 9.64 Å². The first kappa shape index (κ1) is 19.4. The molecule has 158 valence electrons. The van der Waals surface area contributed by atoms with E-state index < -0.39 is 10.0 Å². The first-order chi connectivity index (χ1) is 14.4. The molecule has 9 heteroatoms. The van der Waals surface area contributed by atoms with E-state index in [1.165, 1.54) is 0 Å². The van der Waals surface area contributed by atoms with Crippen LogP contribution < -0.4 is 9.64 Å². The van der Waals surface area contributed by atoms with Gasteiger partial charge in [0, 0.05) is 37.8 Å². The van der Waals surface area contributed by atoms with Crippen LogP contribution in [-0.2, 0) is 10.0 Å². The van der Waals surface area contributed by atoms with Gasteiger partial charge in [-0.15, -0.1) is 0 Å². The van der Waals surface area contributed by atoms with E-state index in [-0.39, 0.29) is 11.4 Å². The second-order valence-corrected chi connectivity index (χ2v) is 10.5. The average Bonchev–Trinajstić information content (AvgIpc) is 3.47. The predicted molar refractivity (Wildman–Crippen MR) is 115 cm³/mol. The van der Waals surface area contributed by atoms with Crippen LogP contribution in [0.2, 0.25) is 0 Å². The molecule has 0 amide bonds. The van der Waals surface area contributed by atoms with Crippen molar-refractivity contribution in [1.82, 2.24) is 14.3 Å². The maximum Gasteiger partial charge on any atom is 0.213 e. The highest BCUT2D eigenvalue weighted by molar-refractivity contribution is 7.89. The summed E-state index contributed by atoms with van der Waals surface area (Å²) in [6.45, 7) is 5.96. The Labute approximate surface area is 176 Å². The largest absolute Gasteiger partial charge is 0.488 e. The van der Waals surface area contributed by atoms with Gasteiger partial charge in [0.15, 0.2) is 0 Å². The summed E-state index contributed by atoms with van der Waals surface area (Å²) in [6.07, 6.45) is 3.73. The van der Waals surface area contributed by atoms with Crippen LogP contribution in [0.15, 0.2) is 35.6 Å². The van der Waals surface area contributed by atoms with Crippen LogP contribution in [0, 0.1) is 0 Å². The minimum Gasteiger partial charge on any atom is -0.488 e. The van der Waals surface area contributed by atoms with Crippen molar-refractivity contribution in [2.45, 2.75) is 32.3 Å². The first-order valence-electron chi connectivity index (χ1n) is 10.3. The van der Waals surface area contributed by atoms with Crippen molar-refractivity contribution in [3.8, 4) is 5.75 Å². The van der Waals surface area contributed by atoms with Crippen molar-refractivity contribution < 1.29 is 13.2 Å². The van der Waals surface area contributed by atoms with Gasteiger partial charge in [0.2, 0.25) is 10.0 Å². The van der Waals surface area contributed by atoms with Gasteiger partial charge in [-0.1, -0.05) is 0 Å². The second kappa shape index (κ2) is 7.02. The molecular formula is C21H25N5O3S. The summed E-state index contributed by atoms with van der Waals surface area (Å²) in [7, 11) is -3.15. The number of piperazine rings is 1. The van der Waals surface area contributed by atoms with Crippen LogP contribution in [0.5, 0.6) is 5.75 Å². The minimum atomic E-state index is -3.15. The molecule has 1 saturated heterocycles. The molecule has 3 heterocycles. The summed E-state index contributed by atoms with van der Waals surface area (Å²) in [5.41, 5.74) is 3.57. The summed E-state index contributed by atoms with van der Waals surface area (Å²) in [6, 6.07) is 7.92. The fraction of sp³-hybridized carbons (Fsp3) is 0.476. The minimum absolute atomic E-state index is 0.0230. The number of fused-ring (bicyclic) bond motifs is 1. The van der Waals surface area contributed by atoms with Gasteiger partial charge in [-0.05, 0) is 44.9 Å². The summed E-state index contributed by atoms with van der Waals surface area (Å²) in [5, 5.41) is 0. The van der Waals surface area contributed by atoms with E-state index in [4.69, 9.17) is 4.74 Å². The quantitative estimate of drug-likeness (QED) is 0.600. The molecule has 2 aliphatic heterocycles. The zero-order chi connectivity index (χ0) is 20.9.